The monoisotopic (exact) mass is 286 g/mol. The van der Waals surface area contributed by atoms with Gasteiger partial charge in [-0.15, -0.1) is 0 Å². The molecule has 0 atom stereocenters. The third kappa shape index (κ3) is 2.68. The van der Waals surface area contributed by atoms with Gasteiger partial charge < -0.3 is 14.7 Å². The molecule has 0 spiro atoms. The van der Waals surface area contributed by atoms with Gasteiger partial charge in [0.25, 0.3) is 0 Å². The Morgan fingerprint density at radius 2 is 2.00 bits per heavy atom. The number of pyridine rings is 1. The van der Waals surface area contributed by atoms with E-state index in [-0.39, 0.29) is 0 Å². The van der Waals surface area contributed by atoms with Crippen LogP contribution in [0.25, 0.3) is 10.8 Å². The summed E-state index contributed by atoms with van der Waals surface area (Å²) in [5.74, 6) is 1.75. The molecule has 112 valence electrons. The van der Waals surface area contributed by atoms with Crippen LogP contribution >= 0.6 is 0 Å². The fraction of sp³-hybridized carbons (Fsp3) is 0.471. The second-order valence-corrected chi connectivity index (χ2v) is 5.98. The molecule has 0 bridgehead atoms. The van der Waals surface area contributed by atoms with E-state index in [2.05, 4.69) is 16.0 Å². The van der Waals surface area contributed by atoms with Crippen LogP contribution < -0.4 is 9.64 Å². The normalized spacial score (nSPS) is 17.1. The predicted molar refractivity (Wildman–Crippen MR) is 85.0 cm³/mol. The van der Waals surface area contributed by atoms with Gasteiger partial charge in [-0.25, -0.2) is 4.98 Å². The predicted octanol–water partition coefficient (Wildman–Crippen LogP) is 2.98. The topological polar surface area (TPSA) is 45.6 Å². The molecule has 0 aliphatic heterocycles. The second-order valence-electron chi connectivity index (χ2n) is 5.98. The van der Waals surface area contributed by atoms with Gasteiger partial charge >= 0.3 is 0 Å². The molecule has 0 saturated heterocycles. The van der Waals surface area contributed by atoms with Crippen molar-refractivity contribution in [3.63, 3.8) is 0 Å². The molecule has 1 aliphatic rings. The van der Waals surface area contributed by atoms with Gasteiger partial charge in [0.2, 0.25) is 0 Å². The molecular weight excluding hydrogens is 264 g/mol. The summed E-state index contributed by atoms with van der Waals surface area (Å²) < 4.78 is 5.42. The maximum absolute atomic E-state index is 10.6. The van der Waals surface area contributed by atoms with E-state index in [4.69, 9.17) is 4.74 Å². The first-order chi connectivity index (χ1) is 10.1. The Labute approximate surface area is 125 Å². The second kappa shape index (κ2) is 5.53. The maximum Gasteiger partial charge on any atom is 0.136 e. The van der Waals surface area contributed by atoms with Gasteiger partial charge in [-0.3, -0.25) is 0 Å². The average Bonchev–Trinajstić information content (AvgIpc) is 2.92. The molecule has 4 heteroatoms. The third-order valence-electron chi connectivity index (χ3n) is 4.39. The minimum atomic E-state index is -0.572. The summed E-state index contributed by atoms with van der Waals surface area (Å²) in [4.78, 5) is 6.58. The van der Waals surface area contributed by atoms with Crippen molar-refractivity contribution in [1.82, 2.24) is 4.98 Å². The molecule has 0 unspecified atom stereocenters. The molecule has 3 rings (SSSR count). The van der Waals surface area contributed by atoms with Crippen molar-refractivity contribution >= 4 is 16.6 Å². The molecule has 4 nitrogen and oxygen atoms in total. The van der Waals surface area contributed by atoms with Crippen molar-refractivity contribution in [2.45, 2.75) is 31.3 Å². The van der Waals surface area contributed by atoms with E-state index in [9.17, 15) is 5.11 Å². The average molecular weight is 286 g/mol. The highest BCUT2D eigenvalue weighted by atomic mass is 16.5. The van der Waals surface area contributed by atoms with Crippen molar-refractivity contribution in [1.29, 1.82) is 0 Å². The zero-order valence-corrected chi connectivity index (χ0v) is 12.7. The number of ether oxygens (including phenoxy) is 1. The number of methoxy groups -OCH3 is 1. The Balaban J connectivity index is 1.96. The molecule has 21 heavy (non-hydrogen) atoms. The molecule has 0 radical (unpaired) electrons. The van der Waals surface area contributed by atoms with Crippen LogP contribution in [0.2, 0.25) is 0 Å². The number of anilines is 1. The SMILES string of the molecule is COc1cccc2c(N(C)CC3(O)CCCC3)nccc12. The van der Waals surface area contributed by atoms with Crippen molar-refractivity contribution in [3.8, 4) is 5.75 Å². The van der Waals surface area contributed by atoms with Gasteiger partial charge in [0.1, 0.15) is 11.6 Å². The standard InChI is InChI=1S/C17H22N2O2/c1-19(12-17(20)9-3-4-10-17)16-14-6-5-7-15(21-2)13(14)8-11-18-16/h5-8,11,20H,3-4,9-10,12H2,1-2H3. The van der Waals surface area contributed by atoms with Gasteiger partial charge in [0.05, 0.1) is 12.7 Å². The van der Waals surface area contributed by atoms with Crippen LogP contribution in [-0.4, -0.2) is 36.4 Å². The van der Waals surface area contributed by atoms with Crippen molar-refractivity contribution in [3.05, 3.63) is 30.5 Å². The van der Waals surface area contributed by atoms with E-state index < -0.39 is 5.60 Å². The minimum absolute atomic E-state index is 0.572. The molecule has 1 N–H and O–H groups in total. The Morgan fingerprint density at radius 3 is 2.71 bits per heavy atom. The van der Waals surface area contributed by atoms with Gasteiger partial charge in [0, 0.05) is 30.6 Å². The number of aromatic nitrogens is 1. The van der Waals surface area contributed by atoms with E-state index in [0.717, 1.165) is 48.0 Å². The van der Waals surface area contributed by atoms with Gasteiger partial charge in [-0.2, -0.15) is 0 Å². The lowest BCUT2D eigenvalue weighted by Gasteiger charge is -2.30. The Bertz CT molecular complexity index is 636. The highest BCUT2D eigenvalue weighted by Gasteiger charge is 2.32. The summed E-state index contributed by atoms with van der Waals surface area (Å²) in [7, 11) is 3.68. The number of aliphatic hydroxyl groups is 1. The van der Waals surface area contributed by atoms with Gasteiger partial charge in [-0.1, -0.05) is 25.0 Å². The lowest BCUT2D eigenvalue weighted by atomic mass is 10.0. The summed E-state index contributed by atoms with van der Waals surface area (Å²) in [5, 5.41) is 12.7. The van der Waals surface area contributed by atoms with E-state index >= 15 is 0 Å². The molecule has 1 fully saturated rings. The fourth-order valence-electron chi connectivity index (χ4n) is 3.35. The van der Waals surface area contributed by atoms with Crippen LogP contribution in [0.3, 0.4) is 0 Å². The molecule has 1 aliphatic carbocycles. The van der Waals surface area contributed by atoms with Crippen molar-refractivity contribution in [2.75, 3.05) is 25.6 Å². The molecular formula is C17H22N2O2. The third-order valence-corrected chi connectivity index (χ3v) is 4.39. The van der Waals surface area contributed by atoms with Gasteiger partial charge in [0.15, 0.2) is 0 Å². The van der Waals surface area contributed by atoms with Crippen molar-refractivity contribution in [2.24, 2.45) is 0 Å². The highest BCUT2D eigenvalue weighted by molar-refractivity contribution is 5.96. The largest absolute Gasteiger partial charge is 0.496 e. The first kappa shape index (κ1) is 14.1. The van der Waals surface area contributed by atoms with Crippen LogP contribution in [-0.2, 0) is 0 Å². The Morgan fingerprint density at radius 1 is 1.24 bits per heavy atom. The summed E-state index contributed by atoms with van der Waals surface area (Å²) >= 11 is 0. The van der Waals surface area contributed by atoms with Crippen LogP contribution in [0.5, 0.6) is 5.75 Å². The molecule has 1 aromatic carbocycles. The summed E-state index contributed by atoms with van der Waals surface area (Å²) in [6.45, 7) is 0.621. The number of fused-ring (bicyclic) bond motifs is 1. The smallest absolute Gasteiger partial charge is 0.136 e. The van der Waals surface area contributed by atoms with E-state index in [1.54, 1.807) is 13.3 Å². The molecule has 1 saturated carbocycles. The molecule has 1 aromatic heterocycles. The summed E-state index contributed by atoms with van der Waals surface area (Å²) in [5.41, 5.74) is -0.572. The molecule has 0 amide bonds. The Hall–Kier alpha value is -1.81. The van der Waals surface area contributed by atoms with E-state index in [1.165, 1.54) is 0 Å². The minimum Gasteiger partial charge on any atom is -0.496 e. The quantitative estimate of drug-likeness (QED) is 0.938. The lowest BCUT2D eigenvalue weighted by molar-refractivity contribution is 0.0558. The van der Waals surface area contributed by atoms with E-state index in [0.29, 0.717) is 6.54 Å². The number of benzene rings is 1. The molecule has 2 aromatic rings. The first-order valence-electron chi connectivity index (χ1n) is 7.48. The zero-order valence-electron chi connectivity index (χ0n) is 12.7. The number of nitrogens with zero attached hydrogens (tertiary/aromatic N) is 2. The summed E-state index contributed by atoms with van der Waals surface area (Å²) in [6, 6.07) is 7.95. The Kier molecular flexibility index (Phi) is 3.72. The highest BCUT2D eigenvalue weighted by Crippen LogP contribution is 2.34. The van der Waals surface area contributed by atoms with Crippen LogP contribution in [0.15, 0.2) is 30.5 Å². The number of hydrogen-bond acceptors (Lipinski definition) is 4. The van der Waals surface area contributed by atoms with Gasteiger partial charge in [-0.05, 0) is 25.0 Å². The fourth-order valence-corrected chi connectivity index (χ4v) is 3.35. The van der Waals surface area contributed by atoms with Crippen LogP contribution in [0, 0.1) is 0 Å². The van der Waals surface area contributed by atoms with E-state index in [1.807, 2.05) is 25.2 Å². The maximum atomic E-state index is 10.6. The van der Waals surface area contributed by atoms with Crippen LogP contribution in [0.4, 0.5) is 5.82 Å². The van der Waals surface area contributed by atoms with Crippen molar-refractivity contribution < 1.29 is 9.84 Å². The zero-order chi connectivity index (χ0) is 14.9. The first-order valence-corrected chi connectivity index (χ1v) is 7.48. The number of likely N-dealkylation sites (N-methyl/N-ethyl adjacent to an activating group) is 1. The van der Waals surface area contributed by atoms with Crippen LogP contribution in [0.1, 0.15) is 25.7 Å². The molecule has 1 heterocycles. The summed E-state index contributed by atoms with van der Waals surface area (Å²) in [6.07, 6.45) is 5.79. The number of rotatable bonds is 4. The lowest BCUT2D eigenvalue weighted by Crippen LogP contribution is -2.39. The number of hydrogen-bond donors (Lipinski definition) is 1.